The zero-order valence-electron chi connectivity index (χ0n) is 12.5. The molecule has 5 heteroatoms. The Balaban J connectivity index is 2.04. The Kier molecular flexibility index (Phi) is 4.28. The van der Waals surface area contributed by atoms with Crippen molar-refractivity contribution in [2.45, 2.75) is 0 Å². The minimum absolute atomic E-state index is 0.276. The highest BCUT2D eigenvalue weighted by Gasteiger charge is 2.19. The summed E-state index contributed by atoms with van der Waals surface area (Å²) in [5.41, 5.74) is 2.27. The number of aromatic nitrogens is 1. The Hall–Kier alpha value is -2.09. The molecule has 0 atom stereocenters. The molecule has 1 saturated heterocycles. The van der Waals surface area contributed by atoms with Crippen LogP contribution in [0.1, 0.15) is 5.56 Å². The molecule has 1 aromatic heterocycles. The number of nitriles is 1. The second kappa shape index (κ2) is 6.35. The van der Waals surface area contributed by atoms with E-state index in [2.05, 4.69) is 27.9 Å². The van der Waals surface area contributed by atoms with Crippen LogP contribution in [0, 0.1) is 11.3 Å². The molecule has 4 nitrogen and oxygen atoms in total. The lowest BCUT2D eigenvalue weighted by molar-refractivity contribution is 0.312. The van der Waals surface area contributed by atoms with Gasteiger partial charge in [0.15, 0.2) is 0 Å². The van der Waals surface area contributed by atoms with Crippen LogP contribution in [0.15, 0.2) is 36.4 Å². The van der Waals surface area contributed by atoms with Gasteiger partial charge in [0.25, 0.3) is 0 Å². The van der Waals surface area contributed by atoms with E-state index in [4.69, 9.17) is 11.6 Å². The van der Waals surface area contributed by atoms with E-state index >= 15 is 0 Å². The van der Waals surface area contributed by atoms with Gasteiger partial charge < -0.3 is 9.80 Å². The number of benzene rings is 1. The molecule has 1 aliphatic heterocycles. The third kappa shape index (κ3) is 2.92. The molecule has 0 bridgehead atoms. The Bertz CT molecular complexity index is 701. The Labute approximate surface area is 135 Å². The van der Waals surface area contributed by atoms with Crippen LogP contribution in [-0.2, 0) is 0 Å². The van der Waals surface area contributed by atoms with Crippen molar-refractivity contribution in [1.82, 2.24) is 9.88 Å². The van der Waals surface area contributed by atoms with Crippen LogP contribution in [0.5, 0.6) is 0 Å². The maximum absolute atomic E-state index is 9.40. The van der Waals surface area contributed by atoms with Gasteiger partial charge >= 0.3 is 0 Å². The molecule has 0 N–H and O–H groups in total. The van der Waals surface area contributed by atoms with Crippen LogP contribution in [0.25, 0.3) is 11.1 Å². The topological polar surface area (TPSA) is 43.2 Å². The third-order valence-electron chi connectivity index (χ3n) is 3.99. The van der Waals surface area contributed by atoms with E-state index in [-0.39, 0.29) is 5.15 Å². The van der Waals surface area contributed by atoms with Gasteiger partial charge in [0.05, 0.1) is 5.56 Å². The molecule has 112 valence electrons. The molecule has 0 aliphatic carbocycles. The summed E-state index contributed by atoms with van der Waals surface area (Å²) in [6.07, 6.45) is 0. The molecule has 0 unspecified atom stereocenters. The number of anilines is 1. The average molecular weight is 313 g/mol. The second-order valence-corrected chi connectivity index (χ2v) is 5.82. The van der Waals surface area contributed by atoms with Gasteiger partial charge in [-0.05, 0) is 18.7 Å². The van der Waals surface area contributed by atoms with E-state index in [1.54, 1.807) is 0 Å². The molecule has 0 radical (unpaired) electrons. The largest absolute Gasteiger partial charge is 0.354 e. The average Bonchev–Trinajstić information content (AvgIpc) is 2.55. The first-order valence-corrected chi connectivity index (χ1v) is 7.66. The summed E-state index contributed by atoms with van der Waals surface area (Å²) in [6.45, 7) is 3.83. The first-order chi connectivity index (χ1) is 10.7. The number of likely N-dealkylation sites (N-methyl/N-ethyl adjacent to an activating group) is 1. The highest BCUT2D eigenvalue weighted by atomic mass is 35.5. The van der Waals surface area contributed by atoms with Gasteiger partial charge in [-0.15, -0.1) is 0 Å². The Morgan fingerprint density at radius 3 is 2.45 bits per heavy atom. The van der Waals surface area contributed by atoms with Crippen LogP contribution in [-0.4, -0.2) is 43.1 Å². The number of hydrogen-bond donors (Lipinski definition) is 0. The van der Waals surface area contributed by atoms with Crippen molar-refractivity contribution in [2.24, 2.45) is 0 Å². The van der Waals surface area contributed by atoms with Gasteiger partial charge in [-0.3, -0.25) is 0 Å². The van der Waals surface area contributed by atoms with Crippen molar-refractivity contribution in [3.63, 3.8) is 0 Å². The predicted octanol–water partition coefficient (Wildman–Crippen LogP) is 3.03. The minimum atomic E-state index is 0.276. The number of piperazine rings is 1. The van der Waals surface area contributed by atoms with E-state index in [9.17, 15) is 5.26 Å². The lowest BCUT2D eigenvalue weighted by Gasteiger charge is -2.33. The SMILES string of the molecule is CN1CCN(c2cc(-c3ccccc3)c(C#N)c(Cl)n2)CC1. The number of rotatable bonds is 2. The first kappa shape index (κ1) is 14.8. The number of pyridine rings is 1. The predicted molar refractivity (Wildman–Crippen MR) is 89.1 cm³/mol. The molecule has 3 rings (SSSR count). The quantitative estimate of drug-likeness (QED) is 0.800. The van der Waals surface area contributed by atoms with E-state index < -0.39 is 0 Å². The summed E-state index contributed by atoms with van der Waals surface area (Å²) in [4.78, 5) is 8.94. The fourth-order valence-corrected chi connectivity index (χ4v) is 2.88. The van der Waals surface area contributed by atoms with E-state index in [1.165, 1.54) is 0 Å². The molecule has 2 aromatic rings. The lowest BCUT2D eigenvalue weighted by Crippen LogP contribution is -2.44. The summed E-state index contributed by atoms with van der Waals surface area (Å²) >= 11 is 6.26. The Morgan fingerprint density at radius 2 is 1.82 bits per heavy atom. The minimum Gasteiger partial charge on any atom is -0.354 e. The van der Waals surface area contributed by atoms with Gasteiger partial charge in [0.1, 0.15) is 17.0 Å². The fourth-order valence-electron chi connectivity index (χ4n) is 2.65. The van der Waals surface area contributed by atoms with Gasteiger partial charge in [-0.1, -0.05) is 41.9 Å². The van der Waals surface area contributed by atoms with E-state index in [0.717, 1.165) is 43.1 Å². The van der Waals surface area contributed by atoms with Crippen LogP contribution in [0.4, 0.5) is 5.82 Å². The molecule has 0 saturated carbocycles. The van der Waals surface area contributed by atoms with Gasteiger partial charge in [0, 0.05) is 31.7 Å². The monoisotopic (exact) mass is 312 g/mol. The summed E-state index contributed by atoms with van der Waals surface area (Å²) < 4.78 is 0. The first-order valence-electron chi connectivity index (χ1n) is 7.28. The van der Waals surface area contributed by atoms with Crippen molar-refractivity contribution in [3.8, 4) is 17.2 Å². The number of hydrogen-bond acceptors (Lipinski definition) is 4. The van der Waals surface area contributed by atoms with Crippen molar-refractivity contribution >= 4 is 17.4 Å². The molecule has 0 spiro atoms. The van der Waals surface area contributed by atoms with Gasteiger partial charge in [-0.25, -0.2) is 4.98 Å². The van der Waals surface area contributed by atoms with Crippen LogP contribution in [0.2, 0.25) is 5.15 Å². The van der Waals surface area contributed by atoms with Crippen LogP contribution < -0.4 is 4.90 Å². The molecule has 1 fully saturated rings. The normalized spacial score (nSPS) is 15.6. The molecule has 2 heterocycles. The summed E-state index contributed by atoms with van der Waals surface area (Å²) in [5, 5.41) is 9.68. The zero-order valence-corrected chi connectivity index (χ0v) is 13.2. The van der Waals surface area contributed by atoms with Crippen molar-refractivity contribution in [3.05, 3.63) is 47.1 Å². The molecule has 1 aliphatic rings. The van der Waals surface area contributed by atoms with Crippen molar-refractivity contribution in [1.29, 1.82) is 5.26 Å². The molecular formula is C17H17ClN4. The summed E-state index contributed by atoms with van der Waals surface area (Å²) in [7, 11) is 2.12. The molecular weight excluding hydrogens is 296 g/mol. The third-order valence-corrected chi connectivity index (χ3v) is 4.26. The molecule has 1 aromatic carbocycles. The summed E-state index contributed by atoms with van der Waals surface area (Å²) in [5.74, 6) is 0.843. The van der Waals surface area contributed by atoms with E-state index in [0.29, 0.717) is 5.56 Å². The lowest BCUT2D eigenvalue weighted by atomic mass is 10.0. The highest BCUT2D eigenvalue weighted by Crippen LogP contribution is 2.31. The summed E-state index contributed by atoms with van der Waals surface area (Å²) in [6, 6.07) is 14.0. The highest BCUT2D eigenvalue weighted by molar-refractivity contribution is 6.31. The van der Waals surface area contributed by atoms with Crippen molar-refractivity contribution in [2.75, 3.05) is 38.1 Å². The Morgan fingerprint density at radius 1 is 1.14 bits per heavy atom. The number of halogens is 1. The maximum Gasteiger partial charge on any atom is 0.149 e. The van der Waals surface area contributed by atoms with Gasteiger partial charge in [0.2, 0.25) is 0 Å². The maximum atomic E-state index is 9.40. The number of nitrogens with zero attached hydrogens (tertiary/aromatic N) is 4. The van der Waals surface area contributed by atoms with Crippen LogP contribution >= 0.6 is 11.6 Å². The molecule has 22 heavy (non-hydrogen) atoms. The fraction of sp³-hybridized carbons (Fsp3) is 0.294. The second-order valence-electron chi connectivity index (χ2n) is 5.46. The smallest absolute Gasteiger partial charge is 0.149 e. The zero-order chi connectivity index (χ0) is 15.5. The van der Waals surface area contributed by atoms with Crippen LogP contribution in [0.3, 0.4) is 0 Å². The van der Waals surface area contributed by atoms with Crippen molar-refractivity contribution < 1.29 is 0 Å². The van der Waals surface area contributed by atoms with E-state index in [1.807, 2.05) is 36.4 Å². The van der Waals surface area contributed by atoms with Gasteiger partial charge in [-0.2, -0.15) is 5.26 Å². The standard InChI is InChI=1S/C17H17ClN4/c1-21-7-9-22(10-8-21)16-11-14(13-5-3-2-4-6-13)15(12-19)17(18)20-16/h2-6,11H,7-10H2,1H3. The molecule has 0 amide bonds.